The highest BCUT2D eigenvalue weighted by molar-refractivity contribution is 6.13. The van der Waals surface area contributed by atoms with Gasteiger partial charge in [0.2, 0.25) is 0 Å². The van der Waals surface area contributed by atoms with E-state index in [9.17, 15) is 14.7 Å². The van der Waals surface area contributed by atoms with Crippen molar-refractivity contribution in [3.63, 3.8) is 0 Å². The lowest BCUT2D eigenvalue weighted by molar-refractivity contribution is 0.109. The van der Waals surface area contributed by atoms with Gasteiger partial charge in [0.1, 0.15) is 5.75 Å². The lowest BCUT2D eigenvalue weighted by atomic mass is 9.90. The lowest BCUT2D eigenvalue weighted by Gasteiger charge is -2.14. The van der Waals surface area contributed by atoms with Gasteiger partial charge in [-0.05, 0) is 10.9 Å². The smallest absolute Gasteiger partial charge is 0.154 e. The van der Waals surface area contributed by atoms with Gasteiger partial charge >= 0.3 is 0 Å². The van der Waals surface area contributed by atoms with Crippen LogP contribution in [0.1, 0.15) is 20.7 Å². The van der Waals surface area contributed by atoms with Gasteiger partial charge in [0.05, 0.1) is 5.56 Å². The van der Waals surface area contributed by atoms with Crippen LogP contribution in [-0.2, 0) is 0 Å². The van der Waals surface area contributed by atoms with Gasteiger partial charge in [0, 0.05) is 16.5 Å². The number of hydrogen-bond donors (Lipinski definition) is 1. The van der Waals surface area contributed by atoms with Gasteiger partial charge in [-0.3, -0.25) is 9.59 Å². The highest BCUT2D eigenvalue weighted by Crippen LogP contribution is 2.39. The minimum absolute atomic E-state index is 0.0301. The maximum absolute atomic E-state index is 11.5. The Labute approximate surface area is 121 Å². The van der Waals surface area contributed by atoms with E-state index < -0.39 is 0 Å². The molecule has 102 valence electrons. The highest BCUT2D eigenvalue weighted by atomic mass is 16.3. The number of phenols is 1. The van der Waals surface area contributed by atoms with Crippen LogP contribution in [0.25, 0.3) is 21.9 Å². The molecule has 0 atom stereocenters. The zero-order valence-electron chi connectivity index (χ0n) is 11.1. The van der Waals surface area contributed by atoms with Crippen LogP contribution in [0.5, 0.6) is 5.75 Å². The predicted molar refractivity (Wildman–Crippen MR) is 81.8 cm³/mol. The fourth-order valence-electron chi connectivity index (χ4n) is 2.62. The SMILES string of the molecule is O=Cc1c(C=O)c(-c2ccccc2)c2ccccc2c1O. The van der Waals surface area contributed by atoms with Gasteiger partial charge in [-0.25, -0.2) is 0 Å². The molecule has 0 aromatic heterocycles. The Morgan fingerprint density at radius 2 is 1.29 bits per heavy atom. The summed E-state index contributed by atoms with van der Waals surface area (Å²) in [6, 6.07) is 16.6. The minimum atomic E-state index is -0.151. The Morgan fingerprint density at radius 3 is 1.90 bits per heavy atom. The van der Waals surface area contributed by atoms with Gasteiger partial charge in [0.25, 0.3) is 0 Å². The van der Waals surface area contributed by atoms with E-state index in [-0.39, 0.29) is 16.9 Å². The molecule has 1 N–H and O–H groups in total. The summed E-state index contributed by atoms with van der Waals surface area (Å²) < 4.78 is 0. The molecule has 0 unspecified atom stereocenters. The molecule has 0 heterocycles. The largest absolute Gasteiger partial charge is 0.507 e. The van der Waals surface area contributed by atoms with Gasteiger partial charge in [-0.2, -0.15) is 0 Å². The molecule has 0 saturated carbocycles. The number of aromatic hydroxyl groups is 1. The summed E-state index contributed by atoms with van der Waals surface area (Å²) in [6.07, 6.45) is 1.15. The molecule has 3 aromatic rings. The number of phenolic OH excluding ortho intramolecular Hbond substituents is 1. The van der Waals surface area contributed by atoms with Crippen molar-refractivity contribution in [2.24, 2.45) is 0 Å². The molecule has 0 aliphatic carbocycles. The zero-order valence-corrected chi connectivity index (χ0v) is 11.1. The molecule has 0 amide bonds. The fraction of sp³-hybridized carbons (Fsp3) is 0. The maximum Gasteiger partial charge on any atom is 0.154 e. The van der Waals surface area contributed by atoms with Crippen molar-refractivity contribution in [1.29, 1.82) is 0 Å². The first-order chi connectivity index (χ1) is 10.3. The molecular weight excluding hydrogens is 264 g/mol. The van der Waals surface area contributed by atoms with Gasteiger partial charge in [0.15, 0.2) is 12.6 Å². The molecule has 0 aliphatic heterocycles. The maximum atomic E-state index is 11.5. The van der Waals surface area contributed by atoms with Crippen LogP contribution in [0.3, 0.4) is 0 Å². The summed E-state index contributed by atoms with van der Waals surface area (Å²) in [5.41, 5.74) is 1.75. The number of aldehydes is 2. The molecule has 0 saturated heterocycles. The summed E-state index contributed by atoms with van der Waals surface area (Å²) in [6.45, 7) is 0. The lowest BCUT2D eigenvalue weighted by Crippen LogP contribution is -1.98. The number of carbonyl (C=O) groups excluding carboxylic acids is 2. The molecule has 21 heavy (non-hydrogen) atoms. The van der Waals surface area contributed by atoms with Gasteiger partial charge in [-0.15, -0.1) is 0 Å². The zero-order chi connectivity index (χ0) is 14.8. The Hall–Kier alpha value is -2.94. The van der Waals surface area contributed by atoms with Crippen molar-refractivity contribution in [2.45, 2.75) is 0 Å². The van der Waals surface area contributed by atoms with Crippen LogP contribution in [0.15, 0.2) is 54.6 Å². The molecular formula is C18H12O3. The van der Waals surface area contributed by atoms with Crippen LogP contribution in [0.2, 0.25) is 0 Å². The second-order valence-electron chi connectivity index (χ2n) is 4.70. The summed E-state index contributed by atoms with van der Waals surface area (Å²) in [4.78, 5) is 22.8. The molecule has 3 aromatic carbocycles. The molecule has 0 radical (unpaired) electrons. The number of benzene rings is 3. The van der Waals surface area contributed by atoms with Crippen molar-refractivity contribution in [1.82, 2.24) is 0 Å². The normalized spacial score (nSPS) is 10.5. The number of carbonyl (C=O) groups is 2. The van der Waals surface area contributed by atoms with Crippen molar-refractivity contribution in [3.8, 4) is 16.9 Å². The third kappa shape index (κ3) is 1.99. The summed E-state index contributed by atoms with van der Waals surface area (Å²) >= 11 is 0. The standard InChI is InChI=1S/C18H12O3/c19-10-15-16(11-20)18(21)14-9-5-4-8-13(14)17(15)12-6-2-1-3-7-12/h1-11,21H. The monoisotopic (exact) mass is 276 g/mol. The van der Waals surface area contributed by atoms with E-state index >= 15 is 0 Å². The van der Waals surface area contributed by atoms with E-state index in [0.29, 0.717) is 23.5 Å². The number of hydrogen-bond acceptors (Lipinski definition) is 3. The third-order valence-corrected chi connectivity index (χ3v) is 3.56. The van der Waals surface area contributed by atoms with Crippen LogP contribution in [0.4, 0.5) is 0 Å². The topological polar surface area (TPSA) is 54.4 Å². The Kier molecular flexibility index (Phi) is 3.24. The summed E-state index contributed by atoms with van der Waals surface area (Å²) in [5.74, 6) is -0.151. The van der Waals surface area contributed by atoms with E-state index in [1.54, 1.807) is 12.1 Å². The predicted octanol–water partition coefficient (Wildman–Crippen LogP) is 3.84. The van der Waals surface area contributed by atoms with Crippen molar-refractivity contribution >= 4 is 23.3 Å². The van der Waals surface area contributed by atoms with Crippen molar-refractivity contribution in [2.75, 3.05) is 0 Å². The number of rotatable bonds is 3. The van der Waals surface area contributed by atoms with E-state index in [0.717, 1.165) is 10.9 Å². The van der Waals surface area contributed by atoms with Crippen LogP contribution < -0.4 is 0 Å². The van der Waals surface area contributed by atoms with Crippen LogP contribution in [-0.4, -0.2) is 17.7 Å². The first kappa shape index (κ1) is 13.1. The van der Waals surface area contributed by atoms with Gasteiger partial charge < -0.3 is 5.11 Å². The Morgan fingerprint density at radius 1 is 0.714 bits per heavy atom. The molecule has 0 spiro atoms. The Balaban J connectivity index is 2.55. The number of fused-ring (bicyclic) bond motifs is 1. The minimum Gasteiger partial charge on any atom is -0.507 e. The quantitative estimate of drug-likeness (QED) is 0.739. The third-order valence-electron chi connectivity index (χ3n) is 3.56. The fourth-order valence-corrected chi connectivity index (χ4v) is 2.62. The van der Waals surface area contributed by atoms with E-state index in [2.05, 4.69) is 0 Å². The average Bonchev–Trinajstić information content (AvgIpc) is 2.55. The molecule has 0 aliphatic rings. The first-order valence-electron chi connectivity index (χ1n) is 6.51. The summed E-state index contributed by atoms with van der Waals surface area (Å²) in [5, 5.41) is 11.5. The highest BCUT2D eigenvalue weighted by Gasteiger charge is 2.19. The van der Waals surface area contributed by atoms with E-state index in [1.165, 1.54) is 0 Å². The second-order valence-corrected chi connectivity index (χ2v) is 4.70. The molecule has 0 bridgehead atoms. The molecule has 3 heteroatoms. The molecule has 3 nitrogen and oxygen atoms in total. The van der Waals surface area contributed by atoms with E-state index in [4.69, 9.17) is 0 Å². The first-order valence-corrected chi connectivity index (χ1v) is 6.51. The average molecular weight is 276 g/mol. The second kappa shape index (κ2) is 5.21. The van der Waals surface area contributed by atoms with Crippen LogP contribution >= 0.6 is 0 Å². The van der Waals surface area contributed by atoms with Crippen molar-refractivity contribution in [3.05, 3.63) is 65.7 Å². The van der Waals surface area contributed by atoms with Crippen LogP contribution in [0, 0.1) is 0 Å². The van der Waals surface area contributed by atoms with Gasteiger partial charge in [-0.1, -0.05) is 54.6 Å². The Bertz CT molecular complexity index is 836. The molecule has 0 fully saturated rings. The molecule has 3 rings (SSSR count). The van der Waals surface area contributed by atoms with Crippen molar-refractivity contribution < 1.29 is 14.7 Å². The summed E-state index contributed by atoms with van der Waals surface area (Å²) in [7, 11) is 0. The van der Waals surface area contributed by atoms with E-state index in [1.807, 2.05) is 42.5 Å².